The van der Waals surface area contributed by atoms with Crippen molar-refractivity contribution in [1.82, 2.24) is 24.8 Å². The van der Waals surface area contributed by atoms with Gasteiger partial charge in [0.15, 0.2) is 10.8 Å². The quantitative estimate of drug-likeness (QED) is 0.749. The van der Waals surface area contributed by atoms with E-state index in [2.05, 4.69) is 20.2 Å². The summed E-state index contributed by atoms with van der Waals surface area (Å²) in [6.45, 7) is 6.97. The third-order valence-electron chi connectivity index (χ3n) is 5.92. The van der Waals surface area contributed by atoms with Crippen LogP contribution < -0.4 is 15.8 Å². The fraction of sp³-hybridized carbons (Fsp3) is 0.667. The largest absolute Gasteiger partial charge is 0.352 e. The zero-order valence-electron chi connectivity index (χ0n) is 18.2. The molecule has 0 atom stereocenters. The van der Waals surface area contributed by atoms with Gasteiger partial charge in [-0.05, 0) is 46.0 Å². The number of rotatable bonds is 5. The van der Waals surface area contributed by atoms with Crippen LogP contribution in [0.15, 0.2) is 11.1 Å². The molecule has 168 valence electrons. The molecule has 2 aliphatic rings. The summed E-state index contributed by atoms with van der Waals surface area (Å²) in [5.74, 6) is 0.162. The molecule has 0 aromatic carbocycles. The molecule has 4 heterocycles. The van der Waals surface area contributed by atoms with Crippen molar-refractivity contribution in [2.75, 3.05) is 31.1 Å². The normalized spacial score (nSPS) is 18.0. The summed E-state index contributed by atoms with van der Waals surface area (Å²) in [5, 5.41) is 3.54. The zero-order valence-corrected chi connectivity index (χ0v) is 19.0. The maximum atomic E-state index is 12.8. The molecule has 0 saturated carbocycles. The van der Waals surface area contributed by atoms with Crippen LogP contribution in [0.3, 0.4) is 0 Å². The number of nitrogens with one attached hydrogen (secondary N) is 1. The van der Waals surface area contributed by atoms with E-state index in [-0.39, 0.29) is 30.0 Å². The predicted octanol–water partition coefficient (Wildman–Crippen LogP) is 1.61. The predicted molar refractivity (Wildman–Crippen MR) is 120 cm³/mol. The molecule has 0 radical (unpaired) electrons. The van der Waals surface area contributed by atoms with Crippen LogP contribution >= 0.6 is 11.3 Å². The first-order valence-electron chi connectivity index (χ1n) is 11.1. The number of piperidine rings is 2. The van der Waals surface area contributed by atoms with Gasteiger partial charge in [-0.25, -0.2) is 4.98 Å². The maximum Gasteiger partial charge on any atom is 0.273 e. The molecule has 1 N–H and O–H groups in total. The highest BCUT2D eigenvalue weighted by Crippen LogP contribution is 2.30. The molecular weight excluding hydrogens is 416 g/mol. The molecule has 10 heteroatoms. The SMILES string of the molecule is CC(C)NC(=O)Cn1cnc2nc(N3CCC(C(=O)N4CCCCC4)CC3)sc2c1=O. The molecule has 4 rings (SSSR count). The number of likely N-dealkylation sites (tertiary alicyclic amines) is 1. The van der Waals surface area contributed by atoms with Gasteiger partial charge >= 0.3 is 0 Å². The number of aromatic nitrogens is 3. The van der Waals surface area contributed by atoms with Crippen molar-refractivity contribution in [2.24, 2.45) is 5.92 Å². The summed E-state index contributed by atoms with van der Waals surface area (Å²) >= 11 is 1.32. The highest BCUT2D eigenvalue weighted by Gasteiger charge is 2.30. The Morgan fingerprint density at radius 1 is 1.16 bits per heavy atom. The summed E-state index contributed by atoms with van der Waals surface area (Å²) in [6, 6.07) is 0.0135. The molecule has 0 bridgehead atoms. The Bertz CT molecular complexity index is 1000. The Morgan fingerprint density at radius 3 is 2.55 bits per heavy atom. The molecular formula is C21H30N6O3S. The van der Waals surface area contributed by atoms with Crippen molar-refractivity contribution in [3.05, 3.63) is 16.7 Å². The van der Waals surface area contributed by atoms with Gasteiger partial charge in [0, 0.05) is 38.1 Å². The minimum atomic E-state index is -0.247. The molecule has 2 aromatic heterocycles. The van der Waals surface area contributed by atoms with E-state index < -0.39 is 0 Å². The summed E-state index contributed by atoms with van der Waals surface area (Å²) < 4.78 is 1.78. The number of fused-ring (bicyclic) bond motifs is 1. The minimum Gasteiger partial charge on any atom is -0.352 e. The second-order valence-corrected chi connectivity index (χ2v) is 9.67. The van der Waals surface area contributed by atoms with Crippen LogP contribution in [-0.4, -0.2) is 63.5 Å². The maximum absolute atomic E-state index is 12.8. The average Bonchev–Trinajstić information content (AvgIpc) is 3.21. The second kappa shape index (κ2) is 9.33. The lowest BCUT2D eigenvalue weighted by Crippen LogP contribution is -2.44. The Kier molecular flexibility index (Phi) is 6.54. The lowest BCUT2D eigenvalue weighted by molar-refractivity contribution is -0.137. The highest BCUT2D eigenvalue weighted by molar-refractivity contribution is 7.22. The van der Waals surface area contributed by atoms with E-state index in [1.54, 1.807) is 0 Å². The number of hydrogen-bond acceptors (Lipinski definition) is 7. The molecule has 2 saturated heterocycles. The minimum absolute atomic E-state index is 0.0135. The van der Waals surface area contributed by atoms with Crippen LogP contribution in [0.5, 0.6) is 0 Å². The Morgan fingerprint density at radius 2 is 1.87 bits per heavy atom. The summed E-state index contributed by atoms with van der Waals surface area (Å²) in [6.07, 6.45) is 6.44. The smallest absolute Gasteiger partial charge is 0.273 e. The number of thiazole rings is 1. The number of carbonyl (C=O) groups is 2. The summed E-state index contributed by atoms with van der Waals surface area (Å²) in [4.78, 5) is 50.6. The molecule has 9 nitrogen and oxygen atoms in total. The van der Waals surface area contributed by atoms with Gasteiger partial charge in [0.05, 0.1) is 0 Å². The van der Waals surface area contributed by atoms with Crippen LogP contribution in [0, 0.1) is 5.92 Å². The third-order valence-corrected chi connectivity index (χ3v) is 7.01. The van der Waals surface area contributed by atoms with E-state index >= 15 is 0 Å². The van der Waals surface area contributed by atoms with E-state index in [1.165, 1.54) is 28.7 Å². The summed E-state index contributed by atoms with van der Waals surface area (Å²) in [7, 11) is 0. The van der Waals surface area contributed by atoms with E-state index in [0.717, 1.165) is 57.0 Å². The van der Waals surface area contributed by atoms with Gasteiger partial charge in [0.2, 0.25) is 11.8 Å². The Labute approximate surface area is 185 Å². The zero-order chi connectivity index (χ0) is 22.0. The van der Waals surface area contributed by atoms with E-state index in [1.807, 2.05) is 18.7 Å². The van der Waals surface area contributed by atoms with Crippen molar-refractivity contribution in [2.45, 2.75) is 58.5 Å². The van der Waals surface area contributed by atoms with Gasteiger partial charge in [-0.1, -0.05) is 11.3 Å². The molecule has 2 amide bonds. The number of carbonyl (C=O) groups excluding carboxylic acids is 2. The molecule has 0 spiro atoms. The van der Waals surface area contributed by atoms with Gasteiger partial charge < -0.3 is 15.1 Å². The van der Waals surface area contributed by atoms with E-state index in [9.17, 15) is 14.4 Å². The van der Waals surface area contributed by atoms with Crippen LogP contribution in [0.4, 0.5) is 5.13 Å². The van der Waals surface area contributed by atoms with Crippen molar-refractivity contribution in [3.63, 3.8) is 0 Å². The second-order valence-electron chi connectivity index (χ2n) is 8.70. The fourth-order valence-electron chi connectivity index (χ4n) is 4.30. The van der Waals surface area contributed by atoms with Crippen molar-refractivity contribution < 1.29 is 9.59 Å². The third kappa shape index (κ3) is 4.89. The first-order valence-corrected chi connectivity index (χ1v) is 11.9. The lowest BCUT2D eigenvalue weighted by atomic mass is 9.94. The van der Waals surface area contributed by atoms with Crippen molar-refractivity contribution in [3.8, 4) is 0 Å². The molecule has 2 aromatic rings. The highest BCUT2D eigenvalue weighted by atomic mass is 32.1. The molecule has 2 fully saturated rings. The first kappa shape index (κ1) is 21.7. The standard InChI is InChI=1S/C21H30N6O3S/c1-14(2)23-16(28)12-27-13-22-18-17(20(27)30)31-21(24-18)26-10-6-15(7-11-26)19(29)25-8-4-3-5-9-25/h13-15H,3-12H2,1-2H3,(H,23,28). The average molecular weight is 447 g/mol. The van der Waals surface area contributed by atoms with Gasteiger partial charge in [0.25, 0.3) is 5.56 Å². The van der Waals surface area contributed by atoms with Gasteiger partial charge in [-0.15, -0.1) is 0 Å². The Hall–Kier alpha value is -2.49. The molecule has 0 aliphatic carbocycles. The van der Waals surface area contributed by atoms with Gasteiger partial charge in [-0.2, -0.15) is 4.98 Å². The molecule has 0 unspecified atom stereocenters. The number of amides is 2. The lowest BCUT2D eigenvalue weighted by Gasteiger charge is -2.35. The van der Waals surface area contributed by atoms with Crippen molar-refractivity contribution >= 4 is 38.6 Å². The van der Waals surface area contributed by atoms with Crippen LogP contribution in [0.25, 0.3) is 10.3 Å². The van der Waals surface area contributed by atoms with E-state index in [4.69, 9.17) is 0 Å². The van der Waals surface area contributed by atoms with Crippen molar-refractivity contribution in [1.29, 1.82) is 0 Å². The van der Waals surface area contributed by atoms with E-state index in [0.29, 0.717) is 16.3 Å². The van der Waals surface area contributed by atoms with Gasteiger partial charge in [0.1, 0.15) is 17.6 Å². The first-order chi connectivity index (χ1) is 14.9. The number of hydrogen-bond donors (Lipinski definition) is 1. The van der Waals surface area contributed by atoms with Crippen LogP contribution in [-0.2, 0) is 16.1 Å². The van der Waals surface area contributed by atoms with Crippen LogP contribution in [0.1, 0.15) is 46.0 Å². The monoisotopic (exact) mass is 446 g/mol. The number of nitrogens with zero attached hydrogens (tertiary/aromatic N) is 5. The fourth-order valence-corrected chi connectivity index (χ4v) is 5.32. The summed E-state index contributed by atoms with van der Waals surface area (Å²) in [5.41, 5.74) is 0.167. The molecule has 2 aliphatic heterocycles. The van der Waals surface area contributed by atoms with Crippen LogP contribution in [0.2, 0.25) is 0 Å². The molecule has 31 heavy (non-hydrogen) atoms. The topological polar surface area (TPSA) is 100 Å². The van der Waals surface area contributed by atoms with Gasteiger partial charge in [-0.3, -0.25) is 19.0 Å². The number of anilines is 1. The Balaban J connectivity index is 1.42.